The minimum absolute atomic E-state index is 0.114. The van der Waals surface area contributed by atoms with Gasteiger partial charge in [0.05, 0.1) is 11.9 Å². The lowest BCUT2D eigenvalue weighted by molar-refractivity contribution is -0.116. The summed E-state index contributed by atoms with van der Waals surface area (Å²) in [7, 11) is 0. The second-order valence-electron chi connectivity index (χ2n) is 5.33. The predicted molar refractivity (Wildman–Crippen MR) is 86.2 cm³/mol. The van der Waals surface area contributed by atoms with Crippen LogP contribution in [0.1, 0.15) is 18.7 Å². The Bertz CT molecular complexity index is 653. The maximum atomic E-state index is 11.4. The fourth-order valence-corrected chi connectivity index (χ4v) is 3.06. The monoisotopic (exact) mass is 308 g/mol. The molecule has 0 aliphatic carbocycles. The van der Waals surface area contributed by atoms with Crippen LogP contribution in [0.15, 0.2) is 6.07 Å². The van der Waals surface area contributed by atoms with Gasteiger partial charge in [0.15, 0.2) is 0 Å². The smallest absolute Gasteiger partial charge is 0.240 e. The van der Waals surface area contributed by atoms with Gasteiger partial charge in [-0.25, -0.2) is 10.8 Å². The predicted octanol–water partition coefficient (Wildman–Crippen LogP) is 1.23. The second kappa shape index (κ2) is 6.23. The number of thiophene rings is 1. The van der Waals surface area contributed by atoms with E-state index in [0.717, 1.165) is 15.1 Å². The standard InChI is InChI=1S/C13H20N6OS/c1-7(2)5-19(6-10(14)20)11-9-4-8(3)21-12(9)17-13(16-11)18-15/h4,7H,5-6,15H2,1-3H3,(H2,14,20)(H,16,17,18). The molecular weight excluding hydrogens is 288 g/mol. The molecular formula is C13H20N6OS. The third-order valence-electron chi connectivity index (χ3n) is 2.86. The van der Waals surface area contributed by atoms with Crippen LogP contribution in [0, 0.1) is 12.8 Å². The van der Waals surface area contributed by atoms with Gasteiger partial charge in [-0.1, -0.05) is 13.8 Å². The van der Waals surface area contributed by atoms with E-state index in [1.54, 1.807) is 11.3 Å². The highest BCUT2D eigenvalue weighted by atomic mass is 32.1. The van der Waals surface area contributed by atoms with E-state index in [1.165, 1.54) is 0 Å². The Morgan fingerprint density at radius 2 is 2.19 bits per heavy atom. The molecule has 0 saturated heterocycles. The molecule has 5 N–H and O–H groups in total. The summed E-state index contributed by atoms with van der Waals surface area (Å²) in [6.07, 6.45) is 0. The molecule has 2 heterocycles. The number of rotatable bonds is 6. The van der Waals surface area contributed by atoms with E-state index in [-0.39, 0.29) is 6.54 Å². The van der Waals surface area contributed by atoms with Crippen molar-refractivity contribution in [2.45, 2.75) is 20.8 Å². The summed E-state index contributed by atoms with van der Waals surface area (Å²) in [5, 5.41) is 0.915. The van der Waals surface area contributed by atoms with Crippen molar-refractivity contribution in [2.24, 2.45) is 17.5 Å². The number of aromatic nitrogens is 2. The van der Waals surface area contributed by atoms with Gasteiger partial charge in [0.2, 0.25) is 11.9 Å². The fourth-order valence-electron chi connectivity index (χ4n) is 2.19. The van der Waals surface area contributed by atoms with Crippen molar-refractivity contribution in [1.82, 2.24) is 9.97 Å². The molecule has 0 bridgehead atoms. The van der Waals surface area contributed by atoms with Crippen LogP contribution < -0.4 is 21.9 Å². The van der Waals surface area contributed by atoms with Crippen LogP contribution in [0.4, 0.5) is 11.8 Å². The van der Waals surface area contributed by atoms with E-state index in [1.807, 2.05) is 17.9 Å². The van der Waals surface area contributed by atoms with Crippen molar-refractivity contribution in [1.29, 1.82) is 0 Å². The number of aryl methyl sites for hydroxylation is 1. The molecule has 0 spiro atoms. The lowest BCUT2D eigenvalue weighted by atomic mass is 10.2. The Morgan fingerprint density at radius 3 is 2.76 bits per heavy atom. The van der Waals surface area contributed by atoms with Gasteiger partial charge in [-0.15, -0.1) is 11.3 Å². The maximum absolute atomic E-state index is 11.4. The first-order valence-corrected chi connectivity index (χ1v) is 7.50. The summed E-state index contributed by atoms with van der Waals surface area (Å²) in [6, 6.07) is 2.02. The molecule has 8 heteroatoms. The molecule has 7 nitrogen and oxygen atoms in total. The zero-order valence-corrected chi connectivity index (χ0v) is 13.2. The van der Waals surface area contributed by atoms with Gasteiger partial charge in [-0.2, -0.15) is 4.98 Å². The van der Waals surface area contributed by atoms with Crippen LogP contribution in [0.25, 0.3) is 10.2 Å². The van der Waals surface area contributed by atoms with Crippen LogP contribution >= 0.6 is 11.3 Å². The Balaban J connectivity index is 2.55. The summed E-state index contributed by atoms with van der Waals surface area (Å²) in [5.74, 6) is 6.43. The Kier molecular flexibility index (Phi) is 4.59. The zero-order valence-electron chi connectivity index (χ0n) is 12.4. The van der Waals surface area contributed by atoms with Crippen molar-refractivity contribution in [3.05, 3.63) is 10.9 Å². The normalized spacial score (nSPS) is 11.1. The second-order valence-corrected chi connectivity index (χ2v) is 6.57. The van der Waals surface area contributed by atoms with Crippen LogP contribution in [-0.2, 0) is 4.79 Å². The number of hydrogen-bond acceptors (Lipinski definition) is 7. The third-order valence-corrected chi connectivity index (χ3v) is 3.80. The van der Waals surface area contributed by atoms with Gasteiger partial charge in [-0.3, -0.25) is 10.2 Å². The number of nitrogen functional groups attached to an aromatic ring is 1. The van der Waals surface area contributed by atoms with Gasteiger partial charge < -0.3 is 10.6 Å². The number of nitrogens with zero attached hydrogens (tertiary/aromatic N) is 3. The van der Waals surface area contributed by atoms with E-state index >= 15 is 0 Å². The van der Waals surface area contributed by atoms with Gasteiger partial charge in [0, 0.05) is 11.4 Å². The zero-order chi connectivity index (χ0) is 15.6. The van der Waals surface area contributed by atoms with E-state index in [9.17, 15) is 4.79 Å². The molecule has 1 amide bonds. The number of fused-ring (bicyclic) bond motifs is 1. The summed E-state index contributed by atoms with van der Waals surface area (Å²) in [5.41, 5.74) is 7.84. The Hall–Kier alpha value is -1.93. The molecule has 0 atom stereocenters. The van der Waals surface area contributed by atoms with Crippen LogP contribution in [-0.4, -0.2) is 29.0 Å². The minimum Gasteiger partial charge on any atom is -0.368 e. The number of hydrazine groups is 1. The maximum Gasteiger partial charge on any atom is 0.240 e. The lowest BCUT2D eigenvalue weighted by Gasteiger charge is -2.25. The van der Waals surface area contributed by atoms with Gasteiger partial charge in [0.25, 0.3) is 0 Å². The topological polar surface area (TPSA) is 110 Å². The first kappa shape index (κ1) is 15.5. The summed E-state index contributed by atoms with van der Waals surface area (Å²) in [6.45, 7) is 6.95. The average Bonchev–Trinajstić information content (AvgIpc) is 2.75. The number of hydrogen-bond donors (Lipinski definition) is 3. The van der Waals surface area contributed by atoms with Crippen molar-refractivity contribution in [3.8, 4) is 0 Å². The van der Waals surface area contributed by atoms with Crippen LogP contribution in [0.2, 0.25) is 0 Å². The van der Waals surface area contributed by atoms with E-state index in [0.29, 0.717) is 24.2 Å². The molecule has 21 heavy (non-hydrogen) atoms. The van der Waals surface area contributed by atoms with Crippen molar-refractivity contribution in [2.75, 3.05) is 23.4 Å². The van der Waals surface area contributed by atoms with E-state index < -0.39 is 5.91 Å². The highest BCUT2D eigenvalue weighted by Crippen LogP contribution is 2.31. The Morgan fingerprint density at radius 1 is 1.48 bits per heavy atom. The summed E-state index contributed by atoms with van der Waals surface area (Å²) >= 11 is 1.56. The number of primary amides is 1. The van der Waals surface area contributed by atoms with E-state index in [2.05, 4.69) is 29.2 Å². The molecule has 0 fully saturated rings. The third kappa shape index (κ3) is 3.59. The minimum atomic E-state index is -0.392. The van der Waals surface area contributed by atoms with Crippen LogP contribution in [0.5, 0.6) is 0 Å². The van der Waals surface area contributed by atoms with Gasteiger partial charge in [-0.05, 0) is 18.9 Å². The number of nitrogens with two attached hydrogens (primary N) is 2. The molecule has 0 aromatic carbocycles. The molecule has 0 aliphatic heterocycles. The van der Waals surface area contributed by atoms with Crippen LogP contribution in [0.3, 0.4) is 0 Å². The molecule has 0 unspecified atom stereocenters. The highest BCUT2D eigenvalue weighted by molar-refractivity contribution is 7.18. The number of carbonyl (C=O) groups is 1. The van der Waals surface area contributed by atoms with Crippen molar-refractivity contribution >= 4 is 39.2 Å². The molecule has 0 saturated carbocycles. The highest BCUT2D eigenvalue weighted by Gasteiger charge is 2.18. The summed E-state index contributed by atoms with van der Waals surface area (Å²) < 4.78 is 0. The first-order chi connectivity index (χ1) is 9.90. The number of carbonyl (C=O) groups excluding carboxylic acids is 1. The van der Waals surface area contributed by atoms with Gasteiger partial charge in [0.1, 0.15) is 10.6 Å². The van der Waals surface area contributed by atoms with Crippen molar-refractivity contribution in [3.63, 3.8) is 0 Å². The molecule has 2 aromatic heterocycles. The molecule has 0 aliphatic rings. The first-order valence-electron chi connectivity index (χ1n) is 6.68. The van der Waals surface area contributed by atoms with Crippen molar-refractivity contribution < 1.29 is 4.79 Å². The SMILES string of the molecule is Cc1cc2c(N(CC(N)=O)CC(C)C)nc(NN)nc2s1. The lowest BCUT2D eigenvalue weighted by Crippen LogP contribution is -2.37. The molecule has 114 valence electrons. The van der Waals surface area contributed by atoms with E-state index in [4.69, 9.17) is 11.6 Å². The number of anilines is 2. The largest absolute Gasteiger partial charge is 0.368 e. The van der Waals surface area contributed by atoms with Gasteiger partial charge >= 0.3 is 0 Å². The summed E-state index contributed by atoms with van der Waals surface area (Å²) in [4.78, 5) is 24.0. The molecule has 2 aromatic rings. The molecule has 0 radical (unpaired) electrons. The number of nitrogens with one attached hydrogen (secondary N) is 1. The Labute approximate surface area is 127 Å². The fraction of sp³-hybridized carbons (Fsp3) is 0.462. The molecule has 2 rings (SSSR count). The number of amides is 1. The average molecular weight is 308 g/mol. The quantitative estimate of drug-likeness (QED) is 0.547.